The van der Waals surface area contributed by atoms with Gasteiger partial charge in [0.25, 0.3) is 15.7 Å². The van der Waals surface area contributed by atoms with Gasteiger partial charge in [-0.2, -0.15) is 0 Å². The molecule has 32 heavy (non-hydrogen) atoms. The maximum atomic E-state index is 12.6. The summed E-state index contributed by atoms with van der Waals surface area (Å²) in [6, 6.07) is 13.1. The van der Waals surface area contributed by atoms with Crippen molar-refractivity contribution in [2.45, 2.75) is 18.7 Å². The van der Waals surface area contributed by atoms with Crippen LogP contribution in [-0.4, -0.2) is 29.2 Å². The van der Waals surface area contributed by atoms with Gasteiger partial charge in [0.05, 0.1) is 9.82 Å². The molecule has 164 valence electrons. The lowest BCUT2D eigenvalue weighted by atomic mass is 10.2. The third-order valence-electron chi connectivity index (χ3n) is 4.17. The summed E-state index contributed by atoms with van der Waals surface area (Å²) in [5, 5.41) is 13.3. The Bertz CT molecular complexity index is 1270. The number of anilines is 2. The van der Waals surface area contributed by atoms with Crippen LogP contribution in [0.4, 0.5) is 17.3 Å². The Morgan fingerprint density at radius 2 is 1.59 bits per heavy atom. The molecular weight excluding hydrogens is 434 g/mol. The molecule has 3 rings (SSSR count). The number of nitro benzene ring substituents is 1. The molecule has 0 aliphatic carbocycles. The number of nitrogens with one attached hydrogen (secondary N) is 2. The number of aromatic nitrogens is 2. The quantitative estimate of drug-likeness (QED) is 0.317. The van der Waals surface area contributed by atoms with E-state index < -0.39 is 20.9 Å². The number of aryl methyl sites for hydroxylation is 2. The Morgan fingerprint density at radius 3 is 2.16 bits per heavy atom. The lowest BCUT2D eigenvalue weighted by Gasteiger charge is -2.09. The molecule has 3 aromatic rings. The van der Waals surface area contributed by atoms with E-state index >= 15 is 0 Å². The molecule has 2 aromatic carbocycles. The monoisotopic (exact) mass is 453 g/mol. The second kappa shape index (κ2) is 9.35. The van der Waals surface area contributed by atoms with Gasteiger partial charge in [-0.1, -0.05) is 0 Å². The second-order valence-electron chi connectivity index (χ2n) is 6.78. The van der Waals surface area contributed by atoms with Gasteiger partial charge in [0.2, 0.25) is 11.9 Å². The van der Waals surface area contributed by atoms with E-state index in [0.29, 0.717) is 22.6 Å². The minimum Gasteiger partial charge on any atom is -0.323 e. The zero-order chi connectivity index (χ0) is 23.3. The summed E-state index contributed by atoms with van der Waals surface area (Å²) in [7, 11) is -3.90. The van der Waals surface area contributed by atoms with Crippen LogP contribution in [0.25, 0.3) is 6.08 Å². The van der Waals surface area contributed by atoms with Crippen molar-refractivity contribution in [1.29, 1.82) is 0 Å². The Morgan fingerprint density at radius 1 is 1.00 bits per heavy atom. The number of hydrogen-bond donors (Lipinski definition) is 2. The first kappa shape index (κ1) is 22.6. The fourth-order valence-electron chi connectivity index (χ4n) is 2.73. The van der Waals surface area contributed by atoms with Crippen molar-refractivity contribution in [3.05, 3.63) is 87.7 Å². The van der Waals surface area contributed by atoms with Crippen molar-refractivity contribution in [3.8, 4) is 0 Å². The fourth-order valence-corrected chi connectivity index (χ4v) is 3.67. The maximum Gasteiger partial charge on any atom is 0.269 e. The van der Waals surface area contributed by atoms with Crippen LogP contribution in [0.5, 0.6) is 0 Å². The van der Waals surface area contributed by atoms with Crippen LogP contribution < -0.4 is 10.0 Å². The second-order valence-corrected chi connectivity index (χ2v) is 8.46. The lowest BCUT2D eigenvalue weighted by Crippen LogP contribution is -2.16. The SMILES string of the molecule is Cc1cc(C)nc(NS(=O)(=O)c2ccc(NC(=O)C=Cc3ccc([N+](=O)[O-])cc3)cc2)n1. The van der Waals surface area contributed by atoms with Gasteiger partial charge in [0, 0.05) is 35.3 Å². The molecule has 10 nitrogen and oxygen atoms in total. The van der Waals surface area contributed by atoms with Crippen LogP contribution >= 0.6 is 0 Å². The Balaban J connectivity index is 1.64. The number of rotatable bonds is 7. The molecule has 1 aromatic heterocycles. The first-order chi connectivity index (χ1) is 15.1. The predicted octanol–water partition coefficient (Wildman–Crippen LogP) is 3.45. The van der Waals surface area contributed by atoms with E-state index in [1.54, 1.807) is 19.9 Å². The van der Waals surface area contributed by atoms with Crippen LogP contribution in [0.1, 0.15) is 17.0 Å². The zero-order valence-electron chi connectivity index (χ0n) is 17.1. The number of non-ortho nitro benzene ring substituents is 1. The van der Waals surface area contributed by atoms with Gasteiger partial charge in [-0.3, -0.25) is 14.9 Å². The number of amides is 1. The van der Waals surface area contributed by atoms with Crippen molar-refractivity contribution in [2.75, 3.05) is 10.0 Å². The van der Waals surface area contributed by atoms with Gasteiger partial charge < -0.3 is 5.32 Å². The zero-order valence-corrected chi connectivity index (χ0v) is 18.0. The number of nitro groups is 1. The molecule has 2 N–H and O–H groups in total. The molecule has 0 radical (unpaired) electrons. The van der Waals surface area contributed by atoms with E-state index in [4.69, 9.17) is 0 Å². The molecule has 0 aliphatic heterocycles. The predicted molar refractivity (Wildman–Crippen MR) is 120 cm³/mol. The first-order valence-corrected chi connectivity index (χ1v) is 10.8. The molecular formula is C21H19N5O5S. The van der Waals surface area contributed by atoms with E-state index in [2.05, 4.69) is 20.0 Å². The summed E-state index contributed by atoms with van der Waals surface area (Å²) in [4.78, 5) is 30.4. The normalized spacial score (nSPS) is 11.3. The number of sulfonamides is 1. The smallest absolute Gasteiger partial charge is 0.269 e. The number of benzene rings is 2. The fraction of sp³-hybridized carbons (Fsp3) is 0.0952. The summed E-state index contributed by atoms with van der Waals surface area (Å²) < 4.78 is 27.4. The Hall–Kier alpha value is -4.12. The maximum absolute atomic E-state index is 12.6. The molecule has 0 fully saturated rings. The number of carbonyl (C=O) groups is 1. The van der Waals surface area contributed by atoms with Gasteiger partial charge in [0.15, 0.2) is 0 Å². The first-order valence-electron chi connectivity index (χ1n) is 9.31. The summed E-state index contributed by atoms with van der Waals surface area (Å²) in [6.07, 6.45) is 2.77. The lowest BCUT2D eigenvalue weighted by molar-refractivity contribution is -0.384. The molecule has 0 unspecified atom stereocenters. The van der Waals surface area contributed by atoms with Crippen molar-refractivity contribution < 1.29 is 18.1 Å². The average Bonchev–Trinajstić information content (AvgIpc) is 2.72. The standard InChI is InChI=1S/C21H19N5O5S/c1-14-13-15(2)23-21(22-14)25-32(30,31)19-10-6-17(7-11-19)24-20(27)12-5-16-3-8-18(9-4-16)26(28)29/h3-13H,1-2H3,(H,24,27)(H,22,23,25). The van der Waals surface area contributed by atoms with Crippen LogP contribution in [0, 0.1) is 24.0 Å². The molecule has 0 aliphatic rings. The topological polar surface area (TPSA) is 144 Å². The van der Waals surface area contributed by atoms with E-state index in [1.807, 2.05) is 0 Å². The van der Waals surface area contributed by atoms with E-state index in [-0.39, 0.29) is 16.5 Å². The van der Waals surface area contributed by atoms with Gasteiger partial charge >= 0.3 is 0 Å². The third-order valence-corrected chi connectivity index (χ3v) is 5.52. The minimum absolute atomic E-state index is 0.0142. The number of hydrogen-bond acceptors (Lipinski definition) is 7. The van der Waals surface area contributed by atoms with Gasteiger partial charge in [-0.15, -0.1) is 0 Å². The third kappa shape index (κ3) is 5.95. The van der Waals surface area contributed by atoms with Crippen LogP contribution in [0.15, 0.2) is 65.6 Å². The van der Waals surface area contributed by atoms with Crippen LogP contribution in [0.3, 0.4) is 0 Å². The van der Waals surface area contributed by atoms with Gasteiger partial charge in [-0.05, 0) is 68.0 Å². The van der Waals surface area contributed by atoms with Gasteiger partial charge in [-0.25, -0.2) is 23.1 Å². The minimum atomic E-state index is -3.90. The average molecular weight is 453 g/mol. The molecule has 0 atom stereocenters. The Kier molecular flexibility index (Phi) is 6.59. The van der Waals surface area contributed by atoms with Crippen molar-refractivity contribution in [3.63, 3.8) is 0 Å². The van der Waals surface area contributed by atoms with Crippen molar-refractivity contribution in [1.82, 2.24) is 9.97 Å². The van der Waals surface area contributed by atoms with Crippen LogP contribution in [0.2, 0.25) is 0 Å². The highest BCUT2D eigenvalue weighted by Crippen LogP contribution is 2.17. The van der Waals surface area contributed by atoms with E-state index in [1.165, 1.54) is 60.7 Å². The van der Waals surface area contributed by atoms with Gasteiger partial charge in [0.1, 0.15) is 0 Å². The largest absolute Gasteiger partial charge is 0.323 e. The molecule has 0 saturated carbocycles. The summed E-state index contributed by atoms with van der Waals surface area (Å²) >= 11 is 0. The van der Waals surface area contributed by atoms with Crippen molar-refractivity contribution >= 4 is 39.3 Å². The number of carbonyl (C=O) groups excluding carboxylic acids is 1. The van der Waals surface area contributed by atoms with Crippen molar-refractivity contribution in [2.24, 2.45) is 0 Å². The molecule has 0 saturated heterocycles. The summed E-state index contributed by atoms with van der Waals surface area (Å²) in [5.41, 5.74) is 2.24. The highest BCUT2D eigenvalue weighted by atomic mass is 32.2. The molecule has 0 spiro atoms. The molecule has 1 amide bonds. The molecule has 1 heterocycles. The van der Waals surface area contributed by atoms with E-state index in [0.717, 1.165) is 0 Å². The van der Waals surface area contributed by atoms with Crippen LogP contribution in [-0.2, 0) is 14.8 Å². The summed E-state index contributed by atoms with van der Waals surface area (Å²) in [6.45, 7) is 3.47. The molecule has 11 heteroatoms. The molecule has 0 bridgehead atoms. The highest BCUT2D eigenvalue weighted by Gasteiger charge is 2.16. The Labute approximate surface area is 184 Å². The highest BCUT2D eigenvalue weighted by molar-refractivity contribution is 7.92. The summed E-state index contributed by atoms with van der Waals surface area (Å²) in [5.74, 6) is -0.461. The number of nitrogens with zero attached hydrogens (tertiary/aromatic N) is 3. The van der Waals surface area contributed by atoms with E-state index in [9.17, 15) is 23.3 Å².